The number of hydrogen-bond acceptors (Lipinski definition) is 2. The van der Waals surface area contributed by atoms with Gasteiger partial charge in [-0.05, 0) is 41.7 Å². The quantitative estimate of drug-likeness (QED) is 0.627. The maximum Gasteiger partial charge on any atom is 0.416 e. The number of alkyl halides is 6. The zero-order valence-corrected chi connectivity index (χ0v) is 16.5. The van der Waals surface area contributed by atoms with Crippen molar-refractivity contribution < 1.29 is 36.2 Å². The second-order valence-electron chi connectivity index (χ2n) is 7.76. The molecule has 2 aromatic carbocycles. The minimum Gasteiger partial charge on any atom is -0.391 e. The molecule has 0 aliphatic carbocycles. The Morgan fingerprint density at radius 2 is 1.65 bits per heavy atom. The van der Waals surface area contributed by atoms with Gasteiger partial charge in [0.25, 0.3) is 0 Å². The second kappa shape index (κ2) is 8.53. The van der Waals surface area contributed by atoms with Crippen molar-refractivity contribution in [2.45, 2.75) is 50.2 Å². The van der Waals surface area contributed by atoms with E-state index in [0.717, 1.165) is 18.2 Å². The van der Waals surface area contributed by atoms with Crippen molar-refractivity contribution in [3.8, 4) is 0 Å². The van der Waals surface area contributed by atoms with Crippen LogP contribution in [-0.4, -0.2) is 28.6 Å². The van der Waals surface area contributed by atoms with E-state index in [0.29, 0.717) is 5.56 Å². The lowest BCUT2D eigenvalue weighted by Crippen LogP contribution is -2.32. The molecule has 0 bridgehead atoms. The topological polar surface area (TPSA) is 40.5 Å². The van der Waals surface area contributed by atoms with Gasteiger partial charge in [-0.3, -0.25) is 4.79 Å². The van der Waals surface area contributed by atoms with Gasteiger partial charge < -0.3 is 10.0 Å². The summed E-state index contributed by atoms with van der Waals surface area (Å²) in [5, 5.41) is 10.0. The van der Waals surface area contributed by atoms with E-state index in [1.54, 1.807) is 0 Å². The Kier molecular flexibility index (Phi) is 6.36. The fraction of sp³-hybridized carbons (Fsp3) is 0.409. The van der Waals surface area contributed by atoms with E-state index >= 15 is 0 Å². The Balaban J connectivity index is 1.79. The van der Waals surface area contributed by atoms with Gasteiger partial charge >= 0.3 is 12.4 Å². The van der Waals surface area contributed by atoms with Crippen molar-refractivity contribution in [3.05, 3.63) is 70.8 Å². The van der Waals surface area contributed by atoms with Crippen molar-refractivity contribution in [1.82, 2.24) is 4.90 Å². The molecule has 1 aliphatic heterocycles. The number of carbonyl (C=O) groups excluding carboxylic acids is 1. The first-order chi connectivity index (χ1) is 14.4. The van der Waals surface area contributed by atoms with Gasteiger partial charge in [-0.2, -0.15) is 26.3 Å². The molecule has 2 aromatic rings. The molecular weight excluding hydrogens is 424 g/mol. The van der Waals surface area contributed by atoms with Crippen LogP contribution in [0, 0.1) is 0 Å². The van der Waals surface area contributed by atoms with Crippen molar-refractivity contribution in [3.63, 3.8) is 0 Å². The molecule has 1 heterocycles. The first kappa shape index (κ1) is 23.1. The molecule has 168 valence electrons. The Hall–Kier alpha value is -2.55. The maximum absolute atomic E-state index is 13.3. The average molecular weight is 445 g/mol. The van der Waals surface area contributed by atoms with Crippen molar-refractivity contribution in [1.29, 1.82) is 0 Å². The van der Waals surface area contributed by atoms with E-state index in [1.807, 2.05) is 0 Å². The summed E-state index contributed by atoms with van der Waals surface area (Å²) in [6, 6.07) is 8.72. The van der Waals surface area contributed by atoms with Crippen LogP contribution < -0.4 is 0 Å². The highest BCUT2D eigenvalue weighted by Crippen LogP contribution is 2.38. The third-order valence-electron chi connectivity index (χ3n) is 5.50. The molecule has 1 fully saturated rings. The molecule has 0 radical (unpaired) electrons. The lowest BCUT2D eigenvalue weighted by molar-refractivity contribution is -0.139. The van der Waals surface area contributed by atoms with E-state index in [4.69, 9.17) is 0 Å². The molecule has 1 saturated heterocycles. The van der Waals surface area contributed by atoms with E-state index in [9.17, 15) is 36.2 Å². The van der Waals surface area contributed by atoms with Crippen molar-refractivity contribution in [2.24, 2.45) is 0 Å². The lowest BCUT2D eigenvalue weighted by Gasteiger charge is -2.27. The van der Waals surface area contributed by atoms with Crippen LogP contribution in [0.1, 0.15) is 54.0 Å². The van der Waals surface area contributed by atoms with Crippen LogP contribution in [0.25, 0.3) is 0 Å². The minimum atomic E-state index is -4.56. The normalized spacial score (nSPS) is 20.7. The lowest BCUT2D eigenvalue weighted by atomic mass is 9.92. The number of likely N-dealkylation sites (tertiary alicyclic amines) is 1. The number of amides is 1. The molecule has 1 N–H and O–H groups in total. The zero-order valence-electron chi connectivity index (χ0n) is 16.5. The molecule has 31 heavy (non-hydrogen) atoms. The number of carbonyl (C=O) groups is 1. The molecule has 0 unspecified atom stereocenters. The number of rotatable bonds is 4. The van der Waals surface area contributed by atoms with Gasteiger partial charge in [0.2, 0.25) is 5.91 Å². The summed E-state index contributed by atoms with van der Waals surface area (Å²) in [4.78, 5) is 14.2. The fourth-order valence-electron chi connectivity index (χ4n) is 3.97. The van der Waals surface area contributed by atoms with Crippen LogP contribution in [0.2, 0.25) is 0 Å². The molecule has 1 aliphatic rings. The molecule has 0 aromatic heterocycles. The Labute approximate surface area is 175 Å². The third kappa shape index (κ3) is 5.20. The number of nitrogens with zero attached hydrogens (tertiary/aromatic N) is 1. The summed E-state index contributed by atoms with van der Waals surface area (Å²) in [5.41, 5.74) is -1.21. The van der Waals surface area contributed by atoms with Crippen LogP contribution in [0.15, 0.2) is 48.5 Å². The van der Waals surface area contributed by atoms with Crippen LogP contribution in [0.3, 0.4) is 0 Å². The Morgan fingerprint density at radius 1 is 1.03 bits per heavy atom. The largest absolute Gasteiger partial charge is 0.416 e. The van der Waals surface area contributed by atoms with Gasteiger partial charge in [0.15, 0.2) is 0 Å². The van der Waals surface area contributed by atoms with Gasteiger partial charge in [-0.1, -0.05) is 37.3 Å². The molecule has 3 nitrogen and oxygen atoms in total. The standard InChI is InChI=1S/C22H21F6NO2/c1-13(17-4-2-3-5-18(17)22(26,27)28)10-20(31)29-12-16(30)11-19(29)14-6-8-15(9-7-14)21(23,24)25/h2-9,13,16,19,30H,10-12H2,1H3/t13-,16+,19+/m1/s1. The van der Waals surface area contributed by atoms with E-state index in [2.05, 4.69) is 0 Å². The van der Waals surface area contributed by atoms with E-state index < -0.39 is 47.5 Å². The molecule has 3 atom stereocenters. The molecule has 0 spiro atoms. The third-order valence-corrected chi connectivity index (χ3v) is 5.50. The predicted octanol–water partition coefficient (Wildman–Crippen LogP) is 5.55. The summed E-state index contributed by atoms with van der Waals surface area (Å²) in [7, 11) is 0. The smallest absolute Gasteiger partial charge is 0.391 e. The summed E-state index contributed by atoms with van der Waals surface area (Å²) >= 11 is 0. The van der Waals surface area contributed by atoms with Crippen molar-refractivity contribution >= 4 is 5.91 Å². The number of aliphatic hydroxyl groups excluding tert-OH is 1. The van der Waals surface area contributed by atoms with Gasteiger partial charge in [0, 0.05) is 13.0 Å². The monoisotopic (exact) mass is 445 g/mol. The average Bonchev–Trinajstić information content (AvgIpc) is 3.08. The SMILES string of the molecule is C[C@H](CC(=O)N1C[C@@H](O)C[C@H]1c1ccc(C(F)(F)F)cc1)c1ccccc1C(F)(F)F. The van der Waals surface area contributed by atoms with Crippen LogP contribution in [0.5, 0.6) is 0 Å². The minimum absolute atomic E-state index is 0.00539. The molecule has 9 heteroatoms. The van der Waals surface area contributed by atoms with Crippen LogP contribution >= 0.6 is 0 Å². The number of hydrogen-bond donors (Lipinski definition) is 1. The highest BCUT2D eigenvalue weighted by atomic mass is 19.4. The summed E-state index contributed by atoms with van der Waals surface area (Å²) < 4.78 is 78.3. The summed E-state index contributed by atoms with van der Waals surface area (Å²) in [5.74, 6) is -1.21. The number of benzene rings is 2. The van der Waals surface area contributed by atoms with Gasteiger partial charge in [0.1, 0.15) is 0 Å². The maximum atomic E-state index is 13.3. The van der Waals surface area contributed by atoms with Crippen LogP contribution in [0.4, 0.5) is 26.3 Å². The highest BCUT2D eigenvalue weighted by molar-refractivity contribution is 5.78. The first-order valence-electron chi connectivity index (χ1n) is 9.68. The molecular formula is C22H21F6NO2. The second-order valence-corrected chi connectivity index (χ2v) is 7.76. The van der Waals surface area contributed by atoms with Crippen molar-refractivity contribution in [2.75, 3.05) is 6.54 Å². The Morgan fingerprint density at radius 3 is 2.23 bits per heavy atom. The number of β-amino-alcohol motifs (C(OH)–C–C–N with tert-alkyl or cyclic N) is 1. The summed E-state index contributed by atoms with van der Waals surface area (Å²) in [6.07, 6.45) is -10.00. The van der Waals surface area contributed by atoms with E-state index in [-0.39, 0.29) is 24.9 Å². The van der Waals surface area contributed by atoms with Gasteiger partial charge in [-0.25, -0.2) is 0 Å². The fourth-order valence-corrected chi connectivity index (χ4v) is 3.97. The van der Waals surface area contributed by atoms with Gasteiger partial charge in [-0.15, -0.1) is 0 Å². The Bertz CT molecular complexity index is 923. The number of aliphatic hydroxyl groups is 1. The highest BCUT2D eigenvalue weighted by Gasteiger charge is 2.38. The van der Waals surface area contributed by atoms with Gasteiger partial charge in [0.05, 0.1) is 23.3 Å². The molecule has 1 amide bonds. The van der Waals surface area contributed by atoms with E-state index in [1.165, 1.54) is 42.2 Å². The first-order valence-corrected chi connectivity index (χ1v) is 9.68. The summed E-state index contributed by atoms with van der Waals surface area (Å²) in [6.45, 7) is 1.49. The zero-order chi connectivity index (χ0) is 23.0. The predicted molar refractivity (Wildman–Crippen MR) is 101 cm³/mol. The molecule has 0 saturated carbocycles. The number of halogens is 6. The van der Waals surface area contributed by atoms with Crippen LogP contribution in [-0.2, 0) is 17.1 Å². The molecule has 3 rings (SSSR count).